The Morgan fingerprint density at radius 2 is 2.00 bits per heavy atom. The smallest absolute Gasteiger partial charge is 0.337 e. The molecular weight excluding hydrogens is 228 g/mol. The predicted octanol–water partition coefficient (Wildman–Crippen LogP) is 2.85. The molecule has 0 spiro atoms. The fourth-order valence-electron chi connectivity index (χ4n) is 1.54. The predicted molar refractivity (Wildman–Crippen MR) is 67.4 cm³/mol. The van der Waals surface area contributed by atoms with E-state index in [0.29, 0.717) is 12.2 Å². The van der Waals surface area contributed by atoms with E-state index in [9.17, 15) is 4.79 Å². The van der Waals surface area contributed by atoms with Gasteiger partial charge in [0.15, 0.2) is 0 Å². The lowest BCUT2D eigenvalue weighted by molar-refractivity contribution is 0.0600. The van der Waals surface area contributed by atoms with Crippen LogP contribution in [-0.4, -0.2) is 13.1 Å². The van der Waals surface area contributed by atoms with Crippen molar-refractivity contribution in [2.24, 2.45) is 0 Å². The van der Waals surface area contributed by atoms with Gasteiger partial charge in [-0.15, -0.1) is 0 Å². The number of ether oxygens (including phenoxy) is 2. The summed E-state index contributed by atoms with van der Waals surface area (Å²) in [5, 5.41) is 0. The van der Waals surface area contributed by atoms with Crippen molar-refractivity contribution in [2.75, 3.05) is 7.11 Å². The highest BCUT2D eigenvalue weighted by atomic mass is 16.5. The molecule has 0 aliphatic rings. The minimum Gasteiger partial charge on any atom is -0.489 e. The molecule has 2 aromatic carbocycles. The first-order valence-electron chi connectivity index (χ1n) is 5.56. The first-order valence-corrected chi connectivity index (χ1v) is 5.56. The minimum atomic E-state index is -0.342. The molecular formula is C15H13O3. The van der Waals surface area contributed by atoms with E-state index in [0.717, 1.165) is 11.3 Å². The number of carbonyl (C=O) groups is 1. The first-order chi connectivity index (χ1) is 8.79. The van der Waals surface area contributed by atoms with Crippen molar-refractivity contribution in [2.45, 2.75) is 6.61 Å². The second kappa shape index (κ2) is 5.87. The van der Waals surface area contributed by atoms with Crippen LogP contribution in [0.2, 0.25) is 0 Å². The normalized spacial score (nSPS) is 9.83. The Morgan fingerprint density at radius 1 is 1.22 bits per heavy atom. The van der Waals surface area contributed by atoms with Crippen molar-refractivity contribution in [1.82, 2.24) is 0 Å². The van der Waals surface area contributed by atoms with E-state index in [1.165, 1.54) is 7.11 Å². The molecule has 0 saturated heterocycles. The summed E-state index contributed by atoms with van der Waals surface area (Å²) in [6, 6.07) is 17.4. The maximum Gasteiger partial charge on any atom is 0.337 e. The molecule has 0 aliphatic heterocycles. The van der Waals surface area contributed by atoms with E-state index in [2.05, 4.69) is 10.8 Å². The van der Waals surface area contributed by atoms with E-state index < -0.39 is 0 Å². The molecule has 0 amide bonds. The van der Waals surface area contributed by atoms with Crippen molar-refractivity contribution in [3.05, 3.63) is 65.7 Å². The average molecular weight is 241 g/mol. The summed E-state index contributed by atoms with van der Waals surface area (Å²) in [5.74, 6) is 0.434. The van der Waals surface area contributed by atoms with Gasteiger partial charge in [0.05, 0.1) is 12.7 Å². The standard InChI is InChI=1S/C15H13O3/c1-17-15(16)13-7-5-6-12(10-13)11-18-14-8-3-2-4-9-14/h3-10H,11H2,1H3. The van der Waals surface area contributed by atoms with Gasteiger partial charge >= 0.3 is 5.97 Å². The van der Waals surface area contributed by atoms with Crippen LogP contribution in [0.3, 0.4) is 0 Å². The molecule has 18 heavy (non-hydrogen) atoms. The van der Waals surface area contributed by atoms with E-state index in [1.807, 2.05) is 24.3 Å². The molecule has 3 heteroatoms. The molecule has 2 aromatic rings. The van der Waals surface area contributed by atoms with Gasteiger partial charge in [0.25, 0.3) is 0 Å². The number of esters is 1. The number of rotatable bonds is 4. The average Bonchev–Trinajstić information content (AvgIpc) is 2.45. The number of hydrogen-bond donors (Lipinski definition) is 0. The molecule has 3 nitrogen and oxygen atoms in total. The summed E-state index contributed by atoms with van der Waals surface area (Å²) < 4.78 is 10.3. The molecule has 0 fully saturated rings. The van der Waals surface area contributed by atoms with Crippen molar-refractivity contribution in [1.29, 1.82) is 0 Å². The van der Waals surface area contributed by atoms with Crippen LogP contribution in [0.15, 0.2) is 48.5 Å². The lowest BCUT2D eigenvalue weighted by atomic mass is 10.1. The summed E-state index contributed by atoms with van der Waals surface area (Å²) in [6.07, 6.45) is 0. The lowest BCUT2D eigenvalue weighted by Gasteiger charge is -2.07. The zero-order valence-corrected chi connectivity index (χ0v) is 10.1. The van der Waals surface area contributed by atoms with Crippen LogP contribution in [0, 0.1) is 6.07 Å². The van der Waals surface area contributed by atoms with Crippen LogP contribution >= 0.6 is 0 Å². The zero-order chi connectivity index (χ0) is 12.8. The van der Waals surface area contributed by atoms with Gasteiger partial charge in [-0.1, -0.05) is 24.3 Å². The van der Waals surface area contributed by atoms with Gasteiger partial charge in [-0.2, -0.15) is 0 Å². The van der Waals surface area contributed by atoms with Gasteiger partial charge in [0, 0.05) is 0 Å². The molecule has 0 N–H and O–H groups in total. The van der Waals surface area contributed by atoms with E-state index >= 15 is 0 Å². The van der Waals surface area contributed by atoms with Crippen molar-refractivity contribution in [3.63, 3.8) is 0 Å². The maximum absolute atomic E-state index is 11.4. The Bertz CT molecular complexity index is 520. The van der Waals surface area contributed by atoms with Gasteiger partial charge in [-0.25, -0.2) is 4.79 Å². The Kier molecular flexibility index (Phi) is 3.97. The van der Waals surface area contributed by atoms with Crippen LogP contribution in [0.4, 0.5) is 0 Å². The molecule has 0 heterocycles. The number of methoxy groups -OCH3 is 1. The third-order valence-electron chi connectivity index (χ3n) is 2.44. The van der Waals surface area contributed by atoms with E-state index in [4.69, 9.17) is 4.74 Å². The Hall–Kier alpha value is -2.29. The molecule has 0 bridgehead atoms. The summed E-state index contributed by atoms with van der Waals surface area (Å²) >= 11 is 0. The third-order valence-corrected chi connectivity index (χ3v) is 2.44. The highest BCUT2D eigenvalue weighted by molar-refractivity contribution is 5.89. The number of carbonyl (C=O) groups excluding carboxylic acids is 1. The van der Waals surface area contributed by atoms with Crippen molar-refractivity contribution >= 4 is 5.97 Å². The number of hydrogen-bond acceptors (Lipinski definition) is 3. The number of benzene rings is 2. The molecule has 0 unspecified atom stereocenters. The summed E-state index contributed by atoms with van der Waals surface area (Å²) in [6.45, 7) is 0.412. The van der Waals surface area contributed by atoms with Gasteiger partial charge in [0.1, 0.15) is 12.4 Å². The van der Waals surface area contributed by atoms with Crippen LogP contribution in [0.25, 0.3) is 0 Å². The Morgan fingerprint density at radius 3 is 2.72 bits per heavy atom. The SMILES string of the molecule is COC(=O)c1cccc(COc2cc[c]cc2)c1. The van der Waals surface area contributed by atoms with Crippen molar-refractivity contribution < 1.29 is 14.3 Å². The zero-order valence-electron chi connectivity index (χ0n) is 10.1. The van der Waals surface area contributed by atoms with Crippen LogP contribution < -0.4 is 4.74 Å². The summed E-state index contributed by atoms with van der Waals surface area (Å²) in [7, 11) is 1.37. The van der Waals surface area contributed by atoms with Crippen LogP contribution in [0.5, 0.6) is 5.75 Å². The molecule has 0 aliphatic carbocycles. The molecule has 0 atom stereocenters. The molecule has 0 aromatic heterocycles. The Balaban J connectivity index is 2.04. The van der Waals surface area contributed by atoms with Gasteiger partial charge in [0.2, 0.25) is 0 Å². The second-order valence-electron chi connectivity index (χ2n) is 3.72. The lowest BCUT2D eigenvalue weighted by Crippen LogP contribution is -2.03. The minimum absolute atomic E-state index is 0.342. The summed E-state index contributed by atoms with van der Waals surface area (Å²) in [5.41, 5.74) is 1.45. The fourth-order valence-corrected chi connectivity index (χ4v) is 1.54. The first kappa shape index (κ1) is 12.2. The third kappa shape index (κ3) is 3.10. The molecule has 1 radical (unpaired) electrons. The fraction of sp³-hybridized carbons (Fsp3) is 0.133. The van der Waals surface area contributed by atoms with E-state index in [-0.39, 0.29) is 5.97 Å². The quantitative estimate of drug-likeness (QED) is 0.772. The molecule has 0 saturated carbocycles. The van der Waals surface area contributed by atoms with E-state index in [1.54, 1.807) is 24.3 Å². The highest BCUT2D eigenvalue weighted by Gasteiger charge is 2.05. The van der Waals surface area contributed by atoms with Gasteiger partial charge < -0.3 is 9.47 Å². The maximum atomic E-state index is 11.4. The molecule has 91 valence electrons. The van der Waals surface area contributed by atoms with Crippen molar-refractivity contribution in [3.8, 4) is 5.75 Å². The van der Waals surface area contributed by atoms with Gasteiger partial charge in [-0.05, 0) is 35.9 Å². The highest BCUT2D eigenvalue weighted by Crippen LogP contribution is 2.12. The monoisotopic (exact) mass is 241 g/mol. The largest absolute Gasteiger partial charge is 0.489 e. The van der Waals surface area contributed by atoms with Crippen LogP contribution in [0.1, 0.15) is 15.9 Å². The topological polar surface area (TPSA) is 35.5 Å². The summed E-state index contributed by atoms with van der Waals surface area (Å²) in [4.78, 5) is 11.4. The second-order valence-corrected chi connectivity index (χ2v) is 3.72. The Labute approximate surface area is 106 Å². The van der Waals surface area contributed by atoms with Gasteiger partial charge in [-0.3, -0.25) is 0 Å². The molecule has 2 rings (SSSR count). The van der Waals surface area contributed by atoms with Crippen LogP contribution in [-0.2, 0) is 11.3 Å².